The van der Waals surface area contributed by atoms with Crippen LogP contribution in [0.2, 0.25) is 0 Å². The van der Waals surface area contributed by atoms with Crippen LogP contribution < -0.4 is 16.0 Å². The van der Waals surface area contributed by atoms with Gasteiger partial charge in [0, 0.05) is 6.04 Å². The van der Waals surface area contributed by atoms with Gasteiger partial charge in [-0.25, -0.2) is 0 Å². The van der Waals surface area contributed by atoms with Crippen molar-refractivity contribution in [2.75, 3.05) is 16.4 Å². The van der Waals surface area contributed by atoms with Crippen molar-refractivity contribution in [3.63, 3.8) is 0 Å². The predicted octanol–water partition coefficient (Wildman–Crippen LogP) is 4.15. The van der Waals surface area contributed by atoms with Gasteiger partial charge in [-0.2, -0.15) is 0 Å². The maximum atomic E-state index is 12.6. The topological polar surface area (TPSA) is 109 Å². The van der Waals surface area contributed by atoms with Gasteiger partial charge in [0.15, 0.2) is 4.34 Å². The third kappa shape index (κ3) is 6.08. The highest BCUT2D eigenvalue weighted by Gasteiger charge is 2.20. The fourth-order valence-corrected chi connectivity index (χ4v) is 4.90. The lowest BCUT2D eigenvalue weighted by molar-refractivity contribution is -0.113. The highest BCUT2D eigenvalue weighted by atomic mass is 32.2. The van der Waals surface area contributed by atoms with Gasteiger partial charge in [0.05, 0.1) is 29.8 Å². The molecular weight excluding hydrogens is 434 g/mol. The summed E-state index contributed by atoms with van der Waals surface area (Å²) in [4.78, 5) is 25.1. The van der Waals surface area contributed by atoms with Crippen LogP contribution in [0.4, 0.5) is 10.8 Å². The van der Waals surface area contributed by atoms with Gasteiger partial charge in [-0.05, 0) is 37.1 Å². The molecule has 2 amide bonds. The molecule has 0 spiro atoms. The fraction of sp³-hybridized carbons (Fsp3) is 0.333. The number of aromatic nitrogens is 2. The minimum atomic E-state index is -0.202. The summed E-state index contributed by atoms with van der Waals surface area (Å²) in [5, 5.41) is 17.9. The Hall–Kier alpha value is -2.85. The monoisotopic (exact) mass is 457 g/mol. The van der Waals surface area contributed by atoms with E-state index in [-0.39, 0.29) is 23.6 Å². The molecule has 162 valence electrons. The van der Waals surface area contributed by atoms with Crippen LogP contribution in [0.15, 0.2) is 51.4 Å². The van der Waals surface area contributed by atoms with E-state index in [9.17, 15) is 9.59 Å². The zero-order chi connectivity index (χ0) is 21.5. The van der Waals surface area contributed by atoms with Crippen molar-refractivity contribution in [2.45, 2.75) is 42.6 Å². The molecule has 2 aromatic heterocycles. The quantitative estimate of drug-likeness (QED) is 0.414. The second-order valence-corrected chi connectivity index (χ2v) is 9.34. The van der Waals surface area contributed by atoms with Crippen LogP contribution in [-0.4, -0.2) is 33.8 Å². The maximum Gasteiger partial charge on any atom is 0.253 e. The summed E-state index contributed by atoms with van der Waals surface area (Å²) in [6.45, 7) is 0.520. The zero-order valence-electron chi connectivity index (χ0n) is 16.8. The molecule has 1 saturated carbocycles. The average molecular weight is 458 g/mol. The molecule has 1 fully saturated rings. The van der Waals surface area contributed by atoms with Gasteiger partial charge in [-0.1, -0.05) is 48.1 Å². The summed E-state index contributed by atoms with van der Waals surface area (Å²) < 4.78 is 5.95. The predicted molar refractivity (Wildman–Crippen MR) is 121 cm³/mol. The lowest BCUT2D eigenvalue weighted by Crippen LogP contribution is -2.33. The molecular formula is C21H23N5O3S2. The third-order valence-electron chi connectivity index (χ3n) is 4.86. The first-order valence-corrected chi connectivity index (χ1v) is 11.9. The van der Waals surface area contributed by atoms with Crippen LogP contribution in [0, 0.1) is 0 Å². The Morgan fingerprint density at radius 1 is 1.13 bits per heavy atom. The zero-order valence-corrected chi connectivity index (χ0v) is 18.4. The van der Waals surface area contributed by atoms with Crippen LogP contribution in [0.3, 0.4) is 0 Å². The van der Waals surface area contributed by atoms with Gasteiger partial charge in [0.2, 0.25) is 11.0 Å². The van der Waals surface area contributed by atoms with Crippen LogP contribution in [0.5, 0.6) is 0 Å². The molecule has 0 bridgehead atoms. The normalized spacial score (nSPS) is 13.8. The van der Waals surface area contributed by atoms with Gasteiger partial charge < -0.3 is 20.4 Å². The number of amides is 2. The first-order chi connectivity index (χ1) is 15.2. The van der Waals surface area contributed by atoms with Crippen LogP contribution in [0.1, 0.15) is 41.8 Å². The summed E-state index contributed by atoms with van der Waals surface area (Å²) in [5.41, 5.74) is 0.995. The molecule has 31 heavy (non-hydrogen) atoms. The van der Waals surface area contributed by atoms with E-state index in [2.05, 4.69) is 26.1 Å². The van der Waals surface area contributed by atoms with Crippen molar-refractivity contribution in [3.8, 4) is 0 Å². The summed E-state index contributed by atoms with van der Waals surface area (Å²) in [5.74, 6) is 0.628. The molecule has 0 unspecified atom stereocenters. The van der Waals surface area contributed by atoms with Gasteiger partial charge in [-0.3, -0.25) is 9.59 Å². The molecule has 8 nitrogen and oxygen atoms in total. The molecule has 3 N–H and O–H groups in total. The molecule has 10 heteroatoms. The van der Waals surface area contributed by atoms with Gasteiger partial charge in [0.1, 0.15) is 5.76 Å². The molecule has 2 heterocycles. The Morgan fingerprint density at radius 2 is 1.97 bits per heavy atom. The second-order valence-electron chi connectivity index (χ2n) is 7.14. The van der Waals surface area contributed by atoms with E-state index < -0.39 is 0 Å². The highest BCUT2D eigenvalue weighted by Crippen LogP contribution is 2.26. The van der Waals surface area contributed by atoms with E-state index in [0.29, 0.717) is 27.3 Å². The minimum absolute atomic E-state index is 0.146. The smallest absolute Gasteiger partial charge is 0.253 e. The Bertz CT molecular complexity index is 1020. The van der Waals surface area contributed by atoms with Gasteiger partial charge in [-0.15, -0.1) is 10.2 Å². The first-order valence-electron chi connectivity index (χ1n) is 10.1. The fourth-order valence-electron chi connectivity index (χ4n) is 3.35. The summed E-state index contributed by atoms with van der Waals surface area (Å²) in [7, 11) is 0. The summed E-state index contributed by atoms with van der Waals surface area (Å²) >= 11 is 2.67. The molecule has 1 aromatic carbocycles. The Labute approximate surface area is 188 Å². The van der Waals surface area contributed by atoms with Crippen LogP contribution in [0.25, 0.3) is 0 Å². The molecule has 0 atom stereocenters. The lowest BCUT2D eigenvalue weighted by atomic mass is 10.1. The van der Waals surface area contributed by atoms with E-state index in [1.54, 1.807) is 30.5 Å². The number of benzene rings is 1. The number of thioether (sulfide) groups is 1. The number of carbonyl (C=O) groups is 2. The summed E-state index contributed by atoms with van der Waals surface area (Å²) in [6.07, 6.45) is 5.93. The van der Waals surface area contributed by atoms with E-state index in [1.165, 1.54) is 23.1 Å². The highest BCUT2D eigenvalue weighted by molar-refractivity contribution is 8.01. The van der Waals surface area contributed by atoms with Crippen LogP contribution >= 0.6 is 23.1 Å². The van der Waals surface area contributed by atoms with Crippen molar-refractivity contribution in [1.29, 1.82) is 0 Å². The number of nitrogens with zero attached hydrogens (tertiary/aromatic N) is 2. The standard InChI is InChI=1S/C21H23N5O3S2/c27-18(13-30-21-26-25-20(31-21)22-12-15-8-5-11-29-15)24-17-10-4-3-9-16(17)19(28)23-14-6-1-2-7-14/h3-5,8-11,14H,1-2,6-7,12-13H2,(H,22,25)(H,23,28)(H,24,27). The van der Waals surface area contributed by atoms with E-state index in [0.717, 1.165) is 31.4 Å². The Kier molecular flexibility index (Phi) is 7.21. The second kappa shape index (κ2) is 10.5. The van der Waals surface area contributed by atoms with Gasteiger partial charge in [0.25, 0.3) is 5.91 Å². The van der Waals surface area contributed by atoms with E-state index >= 15 is 0 Å². The summed E-state index contributed by atoms with van der Waals surface area (Å²) in [6, 6.07) is 11.0. The van der Waals surface area contributed by atoms with Crippen molar-refractivity contribution < 1.29 is 14.0 Å². The number of nitrogens with one attached hydrogen (secondary N) is 3. The number of carbonyl (C=O) groups excluding carboxylic acids is 2. The maximum absolute atomic E-state index is 12.6. The minimum Gasteiger partial charge on any atom is -0.467 e. The molecule has 3 aromatic rings. The van der Waals surface area contributed by atoms with Gasteiger partial charge >= 0.3 is 0 Å². The lowest BCUT2D eigenvalue weighted by Gasteiger charge is -2.14. The number of anilines is 2. The van der Waals surface area contributed by atoms with Crippen molar-refractivity contribution >= 4 is 45.7 Å². The Balaban J connectivity index is 1.27. The first kappa shape index (κ1) is 21.4. The number of furan rings is 1. The number of hydrogen-bond donors (Lipinski definition) is 3. The number of para-hydroxylation sites is 1. The van der Waals surface area contributed by atoms with E-state index in [4.69, 9.17) is 4.42 Å². The Morgan fingerprint density at radius 3 is 2.77 bits per heavy atom. The number of rotatable bonds is 9. The van der Waals surface area contributed by atoms with Crippen molar-refractivity contribution in [2.24, 2.45) is 0 Å². The third-order valence-corrected chi connectivity index (χ3v) is 6.88. The molecule has 0 saturated heterocycles. The molecule has 4 rings (SSSR count). The molecule has 0 aliphatic heterocycles. The molecule has 1 aliphatic rings. The number of hydrogen-bond acceptors (Lipinski definition) is 8. The SMILES string of the molecule is O=C(CSc1nnc(NCc2ccco2)s1)Nc1ccccc1C(=O)NC1CCCC1. The van der Waals surface area contributed by atoms with Crippen molar-refractivity contribution in [1.82, 2.24) is 15.5 Å². The largest absolute Gasteiger partial charge is 0.467 e. The van der Waals surface area contributed by atoms with Crippen LogP contribution in [-0.2, 0) is 11.3 Å². The molecule has 1 aliphatic carbocycles. The van der Waals surface area contributed by atoms with Crippen molar-refractivity contribution in [3.05, 3.63) is 54.0 Å². The molecule has 0 radical (unpaired) electrons. The average Bonchev–Trinajstić information content (AvgIpc) is 3.54. The van der Waals surface area contributed by atoms with E-state index in [1.807, 2.05) is 12.1 Å².